The van der Waals surface area contributed by atoms with Crippen molar-refractivity contribution in [3.8, 4) is 0 Å². The number of methoxy groups -OCH3 is 1. The minimum Gasteiger partial charge on any atom is -0.467 e. The van der Waals surface area contributed by atoms with Gasteiger partial charge in [-0.1, -0.05) is 48.5 Å². The first kappa shape index (κ1) is 15.0. The van der Waals surface area contributed by atoms with E-state index in [1.807, 2.05) is 54.6 Å². The molecule has 4 heteroatoms. The molecule has 4 nitrogen and oxygen atoms in total. The number of nitrogens with zero attached hydrogens (tertiary/aromatic N) is 1. The van der Waals surface area contributed by atoms with Crippen molar-refractivity contribution in [1.29, 1.82) is 0 Å². The number of para-hydroxylation sites is 1. The Morgan fingerprint density at radius 2 is 1.78 bits per heavy atom. The molecule has 1 amide bonds. The molecule has 0 spiro atoms. The molecule has 1 aliphatic heterocycles. The Bertz CT molecular complexity index is 752. The van der Waals surface area contributed by atoms with E-state index in [0.717, 1.165) is 16.8 Å². The van der Waals surface area contributed by atoms with E-state index < -0.39 is 12.0 Å². The number of hydrogen-bond donors (Lipinski definition) is 0. The second kappa shape index (κ2) is 6.48. The highest BCUT2D eigenvalue weighted by Gasteiger charge is 2.37. The molecule has 2 aromatic rings. The number of esters is 1. The summed E-state index contributed by atoms with van der Waals surface area (Å²) in [5, 5.41) is 0. The summed E-state index contributed by atoms with van der Waals surface area (Å²) >= 11 is 0. The van der Waals surface area contributed by atoms with Gasteiger partial charge in [-0.2, -0.15) is 0 Å². The summed E-state index contributed by atoms with van der Waals surface area (Å²) in [7, 11) is 1.34. The summed E-state index contributed by atoms with van der Waals surface area (Å²) in [6.07, 6.45) is 3.72. The molecule has 0 saturated carbocycles. The molecule has 0 aromatic heterocycles. The van der Waals surface area contributed by atoms with Crippen LogP contribution in [0.15, 0.2) is 60.7 Å². The van der Waals surface area contributed by atoms with Crippen molar-refractivity contribution < 1.29 is 14.3 Å². The van der Waals surface area contributed by atoms with E-state index in [1.54, 1.807) is 6.08 Å². The lowest BCUT2D eigenvalue weighted by Gasteiger charge is -2.22. The molecule has 2 aromatic carbocycles. The second-order valence-electron chi connectivity index (χ2n) is 5.32. The first-order valence-electron chi connectivity index (χ1n) is 7.43. The van der Waals surface area contributed by atoms with Crippen molar-refractivity contribution in [3.63, 3.8) is 0 Å². The normalized spacial score (nSPS) is 16.4. The molecule has 0 fully saturated rings. The van der Waals surface area contributed by atoms with Gasteiger partial charge in [0.2, 0.25) is 0 Å². The van der Waals surface area contributed by atoms with E-state index in [9.17, 15) is 9.59 Å². The zero-order chi connectivity index (χ0) is 16.2. The highest BCUT2D eigenvalue weighted by atomic mass is 16.5. The van der Waals surface area contributed by atoms with Crippen LogP contribution in [0.4, 0.5) is 5.69 Å². The average molecular weight is 307 g/mol. The lowest BCUT2D eigenvalue weighted by molar-refractivity contribution is -0.143. The summed E-state index contributed by atoms with van der Waals surface area (Å²) in [5.41, 5.74) is 2.68. The van der Waals surface area contributed by atoms with Gasteiger partial charge in [0.05, 0.1) is 7.11 Å². The van der Waals surface area contributed by atoms with E-state index in [0.29, 0.717) is 6.42 Å². The number of rotatable bonds is 3. The standard InChI is InChI=1S/C19H17NO3/c1-23-19(22)17-13-15-9-5-6-10-16(15)20(17)18(21)12-11-14-7-3-2-4-8-14/h2-12,17H,13H2,1H3/t17-/m1/s1. The minimum absolute atomic E-state index is 0.228. The molecule has 23 heavy (non-hydrogen) atoms. The van der Waals surface area contributed by atoms with Crippen molar-refractivity contribution in [2.24, 2.45) is 0 Å². The summed E-state index contributed by atoms with van der Waals surface area (Å²) in [6, 6.07) is 16.5. The number of carbonyl (C=O) groups excluding carboxylic acids is 2. The van der Waals surface area contributed by atoms with Gasteiger partial charge in [-0.3, -0.25) is 9.69 Å². The van der Waals surface area contributed by atoms with Crippen LogP contribution in [0.25, 0.3) is 6.08 Å². The lowest BCUT2D eigenvalue weighted by Crippen LogP contribution is -2.42. The van der Waals surface area contributed by atoms with E-state index in [-0.39, 0.29) is 5.91 Å². The van der Waals surface area contributed by atoms with Crippen molar-refractivity contribution in [2.75, 3.05) is 12.0 Å². The molecular weight excluding hydrogens is 290 g/mol. The Morgan fingerprint density at radius 3 is 2.52 bits per heavy atom. The van der Waals surface area contributed by atoms with Gasteiger partial charge in [-0.25, -0.2) is 4.79 Å². The third-order valence-corrected chi connectivity index (χ3v) is 3.90. The van der Waals surface area contributed by atoms with Gasteiger partial charge < -0.3 is 4.74 Å². The van der Waals surface area contributed by atoms with Crippen LogP contribution in [0.1, 0.15) is 11.1 Å². The summed E-state index contributed by atoms with van der Waals surface area (Å²) in [5.74, 6) is -0.628. The molecular formula is C19H17NO3. The number of hydrogen-bond acceptors (Lipinski definition) is 3. The molecule has 1 heterocycles. The molecule has 0 unspecified atom stereocenters. The van der Waals surface area contributed by atoms with Crippen LogP contribution in [0.2, 0.25) is 0 Å². The summed E-state index contributed by atoms with van der Waals surface area (Å²) in [6.45, 7) is 0. The fourth-order valence-corrected chi connectivity index (χ4v) is 2.79. The van der Waals surface area contributed by atoms with Crippen molar-refractivity contribution >= 4 is 23.6 Å². The van der Waals surface area contributed by atoms with Gasteiger partial charge in [-0.05, 0) is 23.3 Å². The van der Waals surface area contributed by atoms with E-state index >= 15 is 0 Å². The van der Waals surface area contributed by atoms with E-state index in [1.165, 1.54) is 18.1 Å². The molecule has 116 valence electrons. The third kappa shape index (κ3) is 3.01. The Hall–Kier alpha value is -2.88. The topological polar surface area (TPSA) is 46.6 Å². The number of benzene rings is 2. The Labute approximate surface area is 135 Å². The number of fused-ring (bicyclic) bond motifs is 1. The van der Waals surface area contributed by atoms with Crippen LogP contribution >= 0.6 is 0 Å². The highest BCUT2D eigenvalue weighted by Crippen LogP contribution is 2.32. The van der Waals surface area contributed by atoms with Gasteiger partial charge in [0, 0.05) is 18.2 Å². The van der Waals surface area contributed by atoms with Crippen molar-refractivity contribution in [3.05, 3.63) is 71.8 Å². The molecule has 0 bridgehead atoms. The Morgan fingerprint density at radius 1 is 1.09 bits per heavy atom. The predicted molar refractivity (Wildman–Crippen MR) is 88.9 cm³/mol. The fraction of sp³-hybridized carbons (Fsp3) is 0.158. The van der Waals surface area contributed by atoms with Gasteiger partial charge in [0.15, 0.2) is 0 Å². The van der Waals surface area contributed by atoms with E-state index in [4.69, 9.17) is 4.74 Å². The summed E-state index contributed by atoms with van der Waals surface area (Å²) < 4.78 is 4.85. The number of amides is 1. The molecule has 1 aliphatic rings. The van der Waals surface area contributed by atoms with Crippen LogP contribution in [0, 0.1) is 0 Å². The first-order chi connectivity index (χ1) is 11.2. The quantitative estimate of drug-likeness (QED) is 0.647. The maximum absolute atomic E-state index is 12.6. The summed E-state index contributed by atoms with van der Waals surface area (Å²) in [4.78, 5) is 26.2. The Kier molecular flexibility index (Phi) is 4.24. The van der Waals surface area contributed by atoms with Crippen LogP contribution in [0.5, 0.6) is 0 Å². The first-order valence-corrected chi connectivity index (χ1v) is 7.43. The monoisotopic (exact) mass is 307 g/mol. The largest absolute Gasteiger partial charge is 0.467 e. The highest BCUT2D eigenvalue weighted by molar-refractivity contribution is 6.09. The molecule has 1 atom stereocenters. The van der Waals surface area contributed by atoms with Crippen LogP contribution in [-0.2, 0) is 20.7 Å². The van der Waals surface area contributed by atoms with Gasteiger partial charge in [0.25, 0.3) is 5.91 Å². The average Bonchev–Trinajstić information content (AvgIpc) is 2.99. The van der Waals surface area contributed by atoms with Crippen LogP contribution in [-0.4, -0.2) is 25.0 Å². The van der Waals surface area contributed by atoms with Crippen LogP contribution in [0.3, 0.4) is 0 Å². The molecule has 0 saturated heterocycles. The predicted octanol–water partition coefficient (Wildman–Crippen LogP) is 2.83. The molecule has 0 N–H and O–H groups in total. The fourth-order valence-electron chi connectivity index (χ4n) is 2.79. The second-order valence-corrected chi connectivity index (χ2v) is 5.32. The maximum atomic E-state index is 12.6. The van der Waals surface area contributed by atoms with Crippen molar-refractivity contribution in [1.82, 2.24) is 0 Å². The molecule has 3 rings (SSSR count). The zero-order valence-electron chi connectivity index (χ0n) is 12.8. The Balaban J connectivity index is 1.89. The zero-order valence-corrected chi connectivity index (χ0v) is 12.8. The molecule has 0 aliphatic carbocycles. The van der Waals surface area contributed by atoms with E-state index in [2.05, 4.69) is 0 Å². The van der Waals surface area contributed by atoms with Gasteiger partial charge in [-0.15, -0.1) is 0 Å². The minimum atomic E-state index is -0.606. The lowest BCUT2D eigenvalue weighted by atomic mass is 10.1. The van der Waals surface area contributed by atoms with Crippen LogP contribution < -0.4 is 4.90 Å². The van der Waals surface area contributed by atoms with Crippen molar-refractivity contribution in [2.45, 2.75) is 12.5 Å². The smallest absolute Gasteiger partial charge is 0.329 e. The number of carbonyl (C=O) groups is 2. The molecule has 0 radical (unpaired) electrons. The third-order valence-electron chi connectivity index (χ3n) is 3.90. The maximum Gasteiger partial charge on any atom is 0.329 e. The van der Waals surface area contributed by atoms with Gasteiger partial charge >= 0.3 is 5.97 Å². The number of anilines is 1. The van der Waals surface area contributed by atoms with Gasteiger partial charge in [0.1, 0.15) is 6.04 Å². The number of ether oxygens (including phenoxy) is 1. The SMILES string of the molecule is COC(=O)[C@H]1Cc2ccccc2N1C(=O)C=Cc1ccccc1.